The summed E-state index contributed by atoms with van der Waals surface area (Å²) in [7, 11) is 0. The molecular weight excluding hydrogens is 302 g/mol. The molecule has 3 rings (SSSR count). The van der Waals surface area contributed by atoms with Gasteiger partial charge in [-0.2, -0.15) is 5.10 Å². The van der Waals surface area contributed by atoms with E-state index in [4.69, 9.17) is 9.84 Å². The molecule has 2 aromatic rings. The normalized spacial score (nSPS) is 16.6. The third-order valence-electron chi connectivity index (χ3n) is 4.63. The second-order valence-electron chi connectivity index (χ2n) is 6.50. The van der Waals surface area contributed by atoms with Crippen LogP contribution in [0.5, 0.6) is 0 Å². The Morgan fingerprint density at radius 1 is 1.21 bits per heavy atom. The van der Waals surface area contributed by atoms with Crippen LogP contribution in [0.3, 0.4) is 0 Å². The number of aliphatic hydroxyl groups is 1. The van der Waals surface area contributed by atoms with Gasteiger partial charge >= 0.3 is 0 Å². The van der Waals surface area contributed by atoms with Crippen LogP contribution in [0.2, 0.25) is 0 Å². The number of aliphatic hydroxyl groups excluding tert-OH is 1. The summed E-state index contributed by atoms with van der Waals surface area (Å²) in [6.45, 7) is 6.50. The molecule has 130 valence electrons. The summed E-state index contributed by atoms with van der Waals surface area (Å²) < 4.78 is 7.89. The van der Waals surface area contributed by atoms with Crippen molar-refractivity contribution in [2.45, 2.75) is 45.6 Å². The quantitative estimate of drug-likeness (QED) is 0.847. The Morgan fingerprint density at radius 2 is 1.96 bits per heavy atom. The highest BCUT2D eigenvalue weighted by Crippen LogP contribution is 2.18. The van der Waals surface area contributed by atoms with Gasteiger partial charge in [-0.3, -0.25) is 9.58 Å². The van der Waals surface area contributed by atoms with Gasteiger partial charge in [0.05, 0.1) is 31.6 Å². The van der Waals surface area contributed by atoms with Crippen molar-refractivity contribution in [1.82, 2.24) is 14.7 Å². The van der Waals surface area contributed by atoms with Crippen LogP contribution >= 0.6 is 0 Å². The zero-order valence-electron chi connectivity index (χ0n) is 14.4. The Kier molecular flexibility index (Phi) is 6.01. The smallest absolute Gasteiger partial charge is 0.0720 e. The van der Waals surface area contributed by atoms with Gasteiger partial charge in [-0.1, -0.05) is 30.3 Å². The Balaban J connectivity index is 1.43. The van der Waals surface area contributed by atoms with Crippen molar-refractivity contribution in [3.05, 3.63) is 53.3 Å². The average molecular weight is 329 g/mol. The van der Waals surface area contributed by atoms with Crippen molar-refractivity contribution in [3.63, 3.8) is 0 Å². The van der Waals surface area contributed by atoms with Crippen LogP contribution in [0.25, 0.3) is 0 Å². The summed E-state index contributed by atoms with van der Waals surface area (Å²) in [6.07, 6.45) is 4.58. The van der Waals surface area contributed by atoms with E-state index in [1.54, 1.807) is 0 Å². The van der Waals surface area contributed by atoms with Gasteiger partial charge in [0.15, 0.2) is 0 Å². The van der Waals surface area contributed by atoms with E-state index >= 15 is 0 Å². The molecule has 1 fully saturated rings. The van der Waals surface area contributed by atoms with Gasteiger partial charge in [0.25, 0.3) is 0 Å². The van der Waals surface area contributed by atoms with Crippen molar-refractivity contribution in [3.8, 4) is 0 Å². The van der Waals surface area contributed by atoms with E-state index in [0.717, 1.165) is 38.2 Å². The van der Waals surface area contributed by atoms with Crippen LogP contribution in [0.1, 0.15) is 29.7 Å². The number of piperidine rings is 1. The first kappa shape index (κ1) is 17.1. The van der Waals surface area contributed by atoms with Gasteiger partial charge in [-0.25, -0.2) is 0 Å². The predicted octanol–water partition coefficient (Wildman–Crippen LogP) is 2.37. The molecule has 0 spiro atoms. The average Bonchev–Trinajstić information content (AvgIpc) is 2.95. The maximum absolute atomic E-state index is 9.02. The van der Waals surface area contributed by atoms with E-state index in [0.29, 0.717) is 19.3 Å². The molecule has 5 nitrogen and oxygen atoms in total. The topological polar surface area (TPSA) is 50.5 Å². The van der Waals surface area contributed by atoms with Crippen molar-refractivity contribution in [2.24, 2.45) is 0 Å². The SMILES string of the molecule is Cc1nn(CCO)cc1CN1CCC(OCc2ccccc2)CC1. The van der Waals surface area contributed by atoms with E-state index in [9.17, 15) is 0 Å². The highest BCUT2D eigenvalue weighted by Gasteiger charge is 2.20. The molecule has 1 aromatic carbocycles. The van der Waals surface area contributed by atoms with Gasteiger partial charge in [0.1, 0.15) is 0 Å². The molecule has 1 aliphatic rings. The van der Waals surface area contributed by atoms with E-state index in [1.807, 2.05) is 17.7 Å². The first-order valence-corrected chi connectivity index (χ1v) is 8.76. The maximum Gasteiger partial charge on any atom is 0.0720 e. The highest BCUT2D eigenvalue weighted by molar-refractivity contribution is 5.15. The fraction of sp³-hybridized carbons (Fsp3) is 0.526. The van der Waals surface area contributed by atoms with E-state index in [1.165, 1.54) is 11.1 Å². The lowest BCUT2D eigenvalue weighted by molar-refractivity contribution is -0.00397. The molecule has 1 N–H and O–H groups in total. The van der Waals surface area contributed by atoms with Crippen LogP contribution in [0, 0.1) is 6.92 Å². The zero-order chi connectivity index (χ0) is 16.8. The van der Waals surface area contributed by atoms with Gasteiger partial charge in [-0.15, -0.1) is 0 Å². The fourth-order valence-electron chi connectivity index (χ4n) is 3.19. The molecular formula is C19H27N3O2. The number of hydrogen-bond acceptors (Lipinski definition) is 4. The molecule has 0 bridgehead atoms. The third kappa shape index (κ3) is 4.66. The van der Waals surface area contributed by atoms with Gasteiger partial charge < -0.3 is 9.84 Å². The Labute approximate surface area is 143 Å². The van der Waals surface area contributed by atoms with Crippen molar-refractivity contribution in [2.75, 3.05) is 19.7 Å². The number of aromatic nitrogens is 2. The van der Waals surface area contributed by atoms with Crippen LogP contribution < -0.4 is 0 Å². The zero-order valence-corrected chi connectivity index (χ0v) is 14.4. The summed E-state index contributed by atoms with van der Waals surface area (Å²) in [6, 6.07) is 10.4. The molecule has 0 aliphatic carbocycles. The summed E-state index contributed by atoms with van der Waals surface area (Å²) in [5, 5.41) is 13.5. The summed E-state index contributed by atoms with van der Waals surface area (Å²) in [5.74, 6) is 0. The van der Waals surface area contributed by atoms with Crippen molar-refractivity contribution in [1.29, 1.82) is 0 Å². The van der Waals surface area contributed by atoms with E-state index < -0.39 is 0 Å². The first-order chi connectivity index (χ1) is 11.7. The van der Waals surface area contributed by atoms with Crippen molar-refractivity contribution < 1.29 is 9.84 Å². The fourth-order valence-corrected chi connectivity index (χ4v) is 3.19. The largest absolute Gasteiger partial charge is 0.394 e. The Bertz CT molecular complexity index is 619. The number of nitrogens with zero attached hydrogens (tertiary/aromatic N) is 3. The number of benzene rings is 1. The lowest BCUT2D eigenvalue weighted by atomic mass is 10.1. The molecule has 2 heterocycles. The molecule has 0 atom stereocenters. The van der Waals surface area contributed by atoms with Crippen LogP contribution in [0.4, 0.5) is 0 Å². The van der Waals surface area contributed by atoms with Crippen LogP contribution in [0.15, 0.2) is 36.5 Å². The summed E-state index contributed by atoms with van der Waals surface area (Å²) in [4.78, 5) is 2.47. The number of ether oxygens (including phenoxy) is 1. The minimum absolute atomic E-state index is 0.130. The minimum Gasteiger partial charge on any atom is -0.394 e. The standard InChI is InChI=1S/C19H27N3O2/c1-16-18(14-22(20-16)11-12-23)13-21-9-7-19(8-10-21)24-15-17-5-3-2-4-6-17/h2-6,14,19,23H,7-13,15H2,1H3. The minimum atomic E-state index is 0.130. The van der Waals surface area contributed by atoms with Gasteiger partial charge in [0, 0.05) is 31.4 Å². The summed E-state index contributed by atoms with van der Waals surface area (Å²) >= 11 is 0. The van der Waals surface area contributed by atoms with Gasteiger partial charge in [-0.05, 0) is 25.3 Å². The predicted molar refractivity (Wildman–Crippen MR) is 93.6 cm³/mol. The Morgan fingerprint density at radius 3 is 2.67 bits per heavy atom. The maximum atomic E-state index is 9.02. The van der Waals surface area contributed by atoms with E-state index in [2.05, 4.69) is 40.5 Å². The molecule has 0 unspecified atom stereocenters. The number of likely N-dealkylation sites (tertiary alicyclic amines) is 1. The second-order valence-corrected chi connectivity index (χ2v) is 6.50. The molecule has 1 aromatic heterocycles. The molecule has 5 heteroatoms. The van der Waals surface area contributed by atoms with Gasteiger partial charge in [0.2, 0.25) is 0 Å². The molecule has 24 heavy (non-hydrogen) atoms. The van der Waals surface area contributed by atoms with Crippen LogP contribution in [-0.4, -0.2) is 45.6 Å². The van der Waals surface area contributed by atoms with E-state index in [-0.39, 0.29) is 6.61 Å². The first-order valence-electron chi connectivity index (χ1n) is 8.76. The monoisotopic (exact) mass is 329 g/mol. The lowest BCUT2D eigenvalue weighted by Gasteiger charge is -2.31. The molecule has 1 saturated heterocycles. The van der Waals surface area contributed by atoms with Crippen molar-refractivity contribution >= 4 is 0 Å². The molecule has 1 aliphatic heterocycles. The Hall–Kier alpha value is -1.69. The number of hydrogen-bond donors (Lipinski definition) is 1. The second kappa shape index (κ2) is 8.42. The van der Waals surface area contributed by atoms with Crippen LogP contribution in [-0.2, 0) is 24.4 Å². The number of rotatable bonds is 7. The molecule has 0 radical (unpaired) electrons. The summed E-state index contributed by atoms with van der Waals surface area (Å²) in [5.41, 5.74) is 3.56. The number of aryl methyl sites for hydroxylation is 1. The highest BCUT2D eigenvalue weighted by atomic mass is 16.5. The third-order valence-corrected chi connectivity index (χ3v) is 4.63. The molecule has 0 amide bonds. The lowest BCUT2D eigenvalue weighted by Crippen LogP contribution is -2.36. The molecule has 0 saturated carbocycles.